The van der Waals surface area contributed by atoms with Crippen molar-refractivity contribution in [2.75, 3.05) is 19.9 Å². The van der Waals surface area contributed by atoms with Crippen LogP contribution in [0.25, 0.3) is 0 Å². The molecule has 0 radical (unpaired) electrons. The Morgan fingerprint density at radius 3 is 3.05 bits per heavy atom. The Kier molecular flexibility index (Phi) is 3.16. The molecule has 2 N–H and O–H groups in total. The third kappa shape index (κ3) is 2.58. The van der Waals surface area contributed by atoms with Crippen molar-refractivity contribution in [3.8, 4) is 11.5 Å². The van der Waals surface area contributed by atoms with E-state index >= 15 is 0 Å². The average Bonchev–Trinajstić information content (AvgIpc) is 3.03. The molecule has 1 amide bonds. The molecule has 0 aromatic heterocycles. The van der Waals surface area contributed by atoms with Gasteiger partial charge in [-0.2, -0.15) is 0 Å². The summed E-state index contributed by atoms with van der Waals surface area (Å²) in [7, 11) is 0. The zero-order valence-corrected chi connectivity index (χ0v) is 10.5. The monoisotopic (exact) mass is 264 g/mol. The Hall–Kier alpha value is -1.95. The minimum atomic E-state index is -0.314. The molecule has 0 bridgehead atoms. The van der Waals surface area contributed by atoms with Crippen LogP contribution in [0.4, 0.5) is 4.79 Å². The summed E-state index contributed by atoms with van der Waals surface area (Å²) in [5, 5.41) is 0. The van der Waals surface area contributed by atoms with E-state index in [0.29, 0.717) is 18.8 Å². The first-order valence-electron chi connectivity index (χ1n) is 6.28. The van der Waals surface area contributed by atoms with E-state index < -0.39 is 0 Å². The average molecular weight is 264 g/mol. The second-order valence-corrected chi connectivity index (χ2v) is 4.74. The predicted molar refractivity (Wildman–Crippen MR) is 66.9 cm³/mol. The molecule has 1 unspecified atom stereocenters. The summed E-state index contributed by atoms with van der Waals surface area (Å²) in [5.74, 6) is 1.41. The number of hydrogen-bond donors (Lipinski definition) is 1. The fourth-order valence-corrected chi connectivity index (χ4v) is 2.22. The second-order valence-electron chi connectivity index (χ2n) is 4.74. The summed E-state index contributed by atoms with van der Waals surface area (Å²) >= 11 is 0. The fourth-order valence-electron chi connectivity index (χ4n) is 2.22. The van der Waals surface area contributed by atoms with Gasteiger partial charge in [-0.15, -0.1) is 0 Å². The van der Waals surface area contributed by atoms with Crippen molar-refractivity contribution in [2.45, 2.75) is 19.1 Å². The molecular weight excluding hydrogens is 248 g/mol. The van der Waals surface area contributed by atoms with Gasteiger partial charge in [-0.3, -0.25) is 0 Å². The summed E-state index contributed by atoms with van der Waals surface area (Å²) < 4.78 is 15.7. The summed E-state index contributed by atoms with van der Waals surface area (Å²) in [5.41, 5.74) is 6.63. The number of carbonyl (C=O) groups excluding carboxylic acids is 1. The van der Waals surface area contributed by atoms with E-state index in [9.17, 15) is 4.79 Å². The predicted octanol–water partition coefficient (Wildman–Crippen LogP) is 1.08. The number of nitrogens with two attached hydrogens (primary N) is 1. The maximum atomic E-state index is 11.8. The Morgan fingerprint density at radius 1 is 1.42 bits per heavy atom. The van der Waals surface area contributed by atoms with E-state index in [1.807, 2.05) is 18.2 Å². The first-order chi connectivity index (χ1) is 9.22. The van der Waals surface area contributed by atoms with E-state index in [0.717, 1.165) is 17.7 Å². The molecule has 1 aromatic carbocycles. The zero-order chi connectivity index (χ0) is 13.2. The van der Waals surface area contributed by atoms with Crippen molar-refractivity contribution >= 4 is 6.09 Å². The number of fused-ring (bicyclic) bond motifs is 1. The minimum Gasteiger partial charge on any atom is -0.454 e. The summed E-state index contributed by atoms with van der Waals surface area (Å²) in [6, 6.07) is 5.57. The van der Waals surface area contributed by atoms with Crippen LogP contribution in [-0.4, -0.2) is 36.9 Å². The van der Waals surface area contributed by atoms with Gasteiger partial charge in [0, 0.05) is 19.1 Å². The molecule has 2 aliphatic heterocycles. The lowest BCUT2D eigenvalue weighted by Gasteiger charge is -2.15. The molecule has 0 saturated carbocycles. The molecule has 0 spiro atoms. The highest BCUT2D eigenvalue weighted by molar-refractivity contribution is 5.68. The van der Waals surface area contributed by atoms with Gasteiger partial charge in [-0.25, -0.2) is 4.79 Å². The van der Waals surface area contributed by atoms with Crippen molar-refractivity contribution in [2.24, 2.45) is 5.73 Å². The van der Waals surface area contributed by atoms with E-state index in [1.165, 1.54) is 0 Å². The molecule has 3 rings (SSSR count). The molecule has 1 fully saturated rings. The van der Waals surface area contributed by atoms with Crippen LogP contribution in [0.15, 0.2) is 18.2 Å². The molecule has 1 saturated heterocycles. The van der Waals surface area contributed by atoms with Crippen molar-refractivity contribution in [3.05, 3.63) is 23.8 Å². The van der Waals surface area contributed by atoms with Gasteiger partial charge < -0.3 is 24.8 Å². The standard InChI is InChI=1S/C13H16N2O4/c14-10-3-4-15(6-10)13(16)17-7-9-1-2-11-12(5-9)19-8-18-11/h1-2,5,10H,3-4,6-8,14H2. The molecule has 2 aliphatic rings. The van der Waals surface area contributed by atoms with Crippen LogP contribution in [0.3, 0.4) is 0 Å². The third-order valence-electron chi connectivity index (χ3n) is 3.28. The molecule has 2 heterocycles. The van der Waals surface area contributed by atoms with Crippen molar-refractivity contribution in [1.82, 2.24) is 4.90 Å². The highest BCUT2D eigenvalue weighted by Gasteiger charge is 2.24. The maximum absolute atomic E-state index is 11.8. The number of hydrogen-bond acceptors (Lipinski definition) is 5. The molecular formula is C13H16N2O4. The molecule has 6 nitrogen and oxygen atoms in total. The third-order valence-corrected chi connectivity index (χ3v) is 3.28. The Labute approximate surface area is 111 Å². The van der Waals surface area contributed by atoms with Crippen LogP contribution >= 0.6 is 0 Å². The van der Waals surface area contributed by atoms with Crippen molar-refractivity contribution < 1.29 is 19.0 Å². The molecule has 1 aromatic rings. The van der Waals surface area contributed by atoms with Crippen molar-refractivity contribution in [3.63, 3.8) is 0 Å². The number of nitrogens with zero attached hydrogens (tertiary/aromatic N) is 1. The number of likely N-dealkylation sites (tertiary alicyclic amines) is 1. The van der Waals surface area contributed by atoms with Gasteiger partial charge in [0.05, 0.1) is 0 Å². The summed E-state index contributed by atoms with van der Waals surface area (Å²) in [6.45, 7) is 1.70. The van der Waals surface area contributed by atoms with Crippen LogP contribution in [0.1, 0.15) is 12.0 Å². The van der Waals surface area contributed by atoms with Gasteiger partial charge in [0.1, 0.15) is 6.61 Å². The van der Waals surface area contributed by atoms with E-state index in [-0.39, 0.29) is 25.5 Å². The van der Waals surface area contributed by atoms with E-state index in [2.05, 4.69) is 0 Å². The highest BCUT2D eigenvalue weighted by atomic mass is 16.7. The summed E-state index contributed by atoms with van der Waals surface area (Å²) in [4.78, 5) is 13.4. The van der Waals surface area contributed by atoms with E-state index in [1.54, 1.807) is 4.90 Å². The molecule has 0 aliphatic carbocycles. The number of carbonyl (C=O) groups is 1. The first kappa shape index (κ1) is 12.1. The fraction of sp³-hybridized carbons (Fsp3) is 0.462. The minimum absolute atomic E-state index is 0.0677. The van der Waals surface area contributed by atoms with Crippen LogP contribution in [0.5, 0.6) is 11.5 Å². The Bertz CT molecular complexity index is 492. The van der Waals surface area contributed by atoms with Crippen molar-refractivity contribution in [1.29, 1.82) is 0 Å². The largest absolute Gasteiger partial charge is 0.454 e. The van der Waals surface area contributed by atoms with Gasteiger partial charge >= 0.3 is 6.09 Å². The normalized spacial score (nSPS) is 20.7. The number of ether oxygens (including phenoxy) is 3. The van der Waals surface area contributed by atoms with Crippen LogP contribution in [-0.2, 0) is 11.3 Å². The van der Waals surface area contributed by atoms with E-state index in [4.69, 9.17) is 19.9 Å². The smallest absolute Gasteiger partial charge is 0.410 e. The summed E-state index contributed by atoms with van der Waals surface area (Å²) in [6.07, 6.45) is 0.518. The Morgan fingerprint density at radius 2 is 2.26 bits per heavy atom. The molecule has 6 heteroatoms. The molecule has 1 atom stereocenters. The lowest BCUT2D eigenvalue weighted by atomic mass is 10.2. The SMILES string of the molecule is NC1CCN(C(=O)OCc2ccc3c(c2)OCO3)C1. The molecule has 102 valence electrons. The maximum Gasteiger partial charge on any atom is 0.410 e. The van der Waals surface area contributed by atoms with Gasteiger partial charge in [-0.1, -0.05) is 6.07 Å². The number of benzene rings is 1. The van der Waals surface area contributed by atoms with Gasteiger partial charge in [0.2, 0.25) is 6.79 Å². The highest BCUT2D eigenvalue weighted by Crippen LogP contribution is 2.32. The van der Waals surface area contributed by atoms with Gasteiger partial charge in [0.25, 0.3) is 0 Å². The number of rotatable bonds is 2. The topological polar surface area (TPSA) is 74.0 Å². The van der Waals surface area contributed by atoms with Crippen LogP contribution in [0.2, 0.25) is 0 Å². The first-order valence-corrected chi connectivity index (χ1v) is 6.28. The van der Waals surface area contributed by atoms with Gasteiger partial charge in [0.15, 0.2) is 11.5 Å². The zero-order valence-electron chi connectivity index (χ0n) is 10.5. The number of amides is 1. The van der Waals surface area contributed by atoms with Gasteiger partial charge in [-0.05, 0) is 24.1 Å². The quantitative estimate of drug-likeness (QED) is 0.865. The second kappa shape index (κ2) is 4.97. The Balaban J connectivity index is 1.56. The van der Waals surface area contributed by atoms with Crippen LogP contribution < -0.4 is 15.2 Å². The molecule has 19 heavy (non-hydrogen) atoms. The lowest BCUT2D eigenvalue weighted by Crippen LogP contribution is -2.32. The van der Waals surface area contributed by atoms with Crippen LogP contribution in [0, 0.1) is 0 Å². The lowest BCUT2D eigenvalue weighted by molar-refractivity contribution is 0.104.